The number of ether oxygens (including phenoxy) is 1. The van der Waals surface area contributed by atoms with Crippen LogP contribution in [0.3, 0.4) is 0 Å². The Balaban J connectivity index is 1.61. The molecule has 0 spiro atoms. The number of carbonyl (C=O) groups is 2. The Morgan fingerprint density at radius 3 is 2.71 bits per heavy atom. The third kappa shape index (κ3) is 6.63. The van der Waals surface area contributed by atoms with Gasteiger partial charge in [0.2, 0.25) is 0 Å². The third-order valence-electron chi connectivity index (χ3n) is 4.66. The van der Waals surface area contributed by atoms with E-state index in [-0.39, 0.29) is 17.7 Å². The summed E-state index contributed by atoms with van der Waals surface area (Å²) in [6.45, 7) is 2.52. The van der Waals surface area contributed by atoms with Crippen LogP contribution in [0.4, 0.5) is 0 Å². The van der Waals surface area contributed by atoms with E-state index < -0.39 is 17.9 Å². The minimum Gasteiger partial charge on any atom is -0.507 e. The quantitative estimate of drug-likeness (QED) is 0.385. The van der Waals surface area contributed by atoms with Gasteiger partial charge in [-0.2, -0.15) is 0 Å². The molecule has 3 rings (SSSR count). The molecule has 9 heteroatoms. The number of phenolic OH excluding ortho intramolecular Hbond substituents is 1. The van der Waals surface area contributed by atoms with Gasteiger partial charge in [-0.1, -0.05) is 30.3 Å². The summed E-state index contributed by atoms with van der Waals surface area (Å²) in [5.74, 6) is -0.688. The molecule has 9 nitrogen and oxygen atoms in total. The van der Waals surface area contributed by atoms with Crippen molar-refractivity contribution in [2.24, 2.45) is 4.99 Å². The van der Waals surface area contributed by atoms with Crippen molar-refractivity contribution >= 4 is 17.8 Å². The van der Waals surface area contributed by atoms with Crippen LogP contribution in [0.15, 0.2) is 53.5 Å². The van der Waals surface area contributed by atoms with E-state index in [1.165, 1.54) is 12.1 Å². The fraction of sp³-hybridized carbons (Fsp3) is 0.318. The van der Waals surface area contributed by atoms with Gasteiger partial charge in [0.25, 0.3) is 5.91 Å². The van der Waals surface area contributed by atoms with Crippen LogP contribution in [-0.2, 0) is 4.79 Å². The van der Waals surface area contributed by atoms with E-state index in [1.807, 2.05) is 6.07 Å². The van der Waals surface area contributed by atoms with Gasteiger partial charge < -0.3 is 30.9 Å². The highest BCUT2D eigenvalue weighted by Crippen LogP contribution is 2.25. The van der Waals surface area contributed by atoms with E-state index in [2.05, 4.69) is 20.9 Å². The van der Waals surface area contributed by atoms with Crippen LogP contribution in [0.25, 0.3) is 0 Å². The van der Waals surface area contributed by atoms with Gasteiger partial charge in [-0.05, 0) is 30.2 Å². The Kier molecular flexibility index (Phi) is 7.69. The Hall–Kier alpha value is -3.75. The molecule has 2 aromatic carbocycles. The average molecular weight is 426 g/mol. The van der Waals surface area contributed by atoms with E-state index in [1.54, 1.807) is 30.3 Å². The first kappa shape index (κ1) is 21.9. The van der Waals surface area contributed by atoms with Crippen LogP contribution in [0.2, 0.25) is 0 Å². The molecular weight excluding hydrogens is 400 g/mol. The van der Waals surface area contributed by atoms with Crippen LogP contribution in [0, 0.1) is 0 Å². The van der Waals surface area contributed by atoms with Crippen LogP contribution in [0.1, 0.15) is 34.8 Å². The summed E-state index contributed by atoms with van der Waals surface area (Å²) in [4.78, 5) is 28.3. The minimum atomic E-state index is -1.04. The molecule has 0 bridgehead atoms. The van der Waals surface area contributed by atoms with Crippen LogP contribution in [0.5, 0.6) is 11.5 Å². The summed E-state index contributed by atoms with van der Waals surface area (Å²) in [6, 6.07) is 12.5. The second kappa shape index (κ2) is 10.9. The van der Waals surface area contributed by atoms with E-state index in [9.17, 15) is 19.8 Å². The molecule has 5 N–H and O–H groups in total. The lowest BCUT2D eigenvalue weighted by Crippen LogP contribution is -2.42. The first-order chi connectivity index (χ1) is 15.0. The number of hydrogen-bond donors (Lipinski definition) is 5. The van der Waals surface area contributed by atoms with Gasteiger partial charge in [0.15, 0.2) is 5.96 Å². The number of amides is 1. The van der Waals surface area contributed by atoms with Gasteiger partial charge in [-0.3, -0.25) is 14.6 Å². The summed E-state index contributed by atoms with van der Waals surface area (Å²) in [7, 11) is 0. The minimum absolute atomic E-state index is 0.00935. The SMILES string of the molecule is O=C(O)CC(NC(=O)c1cc(OCCNC2=NCCCN2)ccc1O)c1ccccc1. The Labute approximate surface area is 180 Å². The average Bonchev–Trinajstić information content (AvgIpc) is 2.78. The van der Waals surface area contributed by atoms with Gasteiger partial charge in [0.05, 0.1) is 24.6 Å². The zero-order valence-electron chi connectivity index (χ0n) is 17.0. The number of benzene rings is 2. The van der Waals surface area contributed by atoms with Crippen molar-refractivity contribution in [3.63, 3.8) is 0 Å². The van der Waals surface area contributed by atoms with Gasteiger partial charge in [0.1, 0.15) is 18.1 Å². The number of aliphatic imine (C=N–C) groups is 1. The first-order valence-electron chi connectivity index (χ1n) is 10.1. The molecule has 1 unspecified atom stereocenters. The molecule has 164 valence electrons. The highest BCUT2D eigenvalue weighted by Gasteiger charge is 2.21. The molecule has 1 aliphatic rings. The molecule has 31 heavy (non-hydrogen) atoms. The van der Waals surface area contributed by atoms with Gasteiger partial charge in [-0.15, -0.1) is 0 Å². The van der Waals surface area contributed by atoms with Crippen LogP contribution in [-0.4, -0.2) is 54.3 Å². The number of nitrogens with zero attached hydrogens (tertiary/aromatic N) is 1. The smallest absolute Gasteiger partial charge is 0.305 e. The largest absolute Gasteiger partial charge is 0.507 e. The topological polar surface area (TPSA) is 132 Å². The molecule has 1 amide bonds. The van der Waals surface area contributed by atoms with Crippen molar-refractivity contribution in [3.05, 3.63) is 59.7 Å². The van der Waals surface area contributed by atoms with Crippen LogP contribution >= 0.6 is 0 Å². The summed E-state index contributed by atoms with van der Waals surface area (Å²) < 4.78 is 5.67. The van der Waals surface area contributed by atoms with Crippen LogP contribution < -0.4 is 20.7 Å². The summed E-state index contributed by atoms with van der Waals surface area (Å²) in [5, 5.41) is 28.3. The van der Waals surface area contributed by atoms with E-state index in [4.69, 9.17) is 4.74 Å². The number of guanidine groups is 1. The molecule has 1 atom stereocenters. The molecule has 0 radical (unpaired) electrons. The zero-order chi connectivity index (χ0) is 22.1. The van der Waals surface area contributed by atoms with Crippen molar-refractivity contribution in [2.75, 3.05) is 26.2 Å². The number of carboxylic acids is 1. The maximum atomic E-state index is 12.8. The van der Waals surface area contributed by atoms with Crippen molar-refractivity contribution in [2.45, 2.75) is 18.9 Å². The number of hydrogen-bond acceptors (Lipinski definition) is 7. The number of aromatic hydroxyl groups is 1. The van der Waals surface area contributed by atoms with Gasteiger partial charge in [-0.25, -0.2) is 0 Å². The lowest BCUT2D eigenvalue weighted by atomic mass is 10.0. The summed E-state index contributed by atoms with van der Waals surface area (Å²) >= 11 is 0. The van der Waals surface area contributed by atoms with E-state index in [0.717, 1.165) is 25.5 Å². The number of phenols is 1. The molecule has 0 aromatic heterocycles. The Morgan fingerprint density at radius 1 is 1.19 bits per heavy atom. The highest BCUT2D eigenvalue weighted by atomic mass is 16.5. The molecule has 2 aromatic rings. The van der Waals surface area contributed by atoms with Gasteiger partial charge in [0, 0.05) is 13.1 Å². The van der Waals surface area contributed by atoms with Crippen molar-refractivity contribution in [1.29, 1.82) is 0 Å². The normalized spacial score (nSPS) is 14.0. The predicted molar refractivity (Wildman–Crippen MR) is 115 cm³/mol. The Morgan fingerprint density at radius 2 is 2.00 bits per heavy atom. The molecule has 0 aliphatic carbocycles. The van der Waals surface area contributed by atoms with Crippen molar-refractivity contribution in [3.8, 4) is 11.5 Å². The lowest BCUT2D eigenvalue weighted by molar-refractivity contribution is -0.137. The first-order valence-corrected chi connectivity index (χ1v) is 10.1. The van der Waals surface area contributed by atoms with Crippen molar-refractivity contribution in [1.82, 2.24) is 16.0 Å². The standard InChI is InChI=1S/C22H26N4O5/c27-19-8-7-16(31-12-11-25-22-23-9-4-10-24-22)13-17(19)21(30)26-18(14-20(28)29)15-5-2-1-3-6-15/h1-3,5-8,13,18,27H,4,9-12,14H2,(H,26,30)(H,28,29)(H2,23,24,25). The van der Waals surface area contributed by atoms with E-state index in [0.29, 0.717) is 24.5 Å². The van der Waals surface area contributed by atoms with Gasteiger partial charge >= 0.3 is 5.97 Å². The summed E-state index contributed by atoms with van der Waals surface area (Å²) in [6.07, 6.45) is 0.730. The third-order valence-corrected chi connectivity index (χ3v) is 4.66. The number of carbonyl (C=O) groups excluding carboxylic acids is 1. The maximum absolute atomic E-state index is 12.8. The predicted octanol–water partition coefficient (Wildman–Crippen LogP) is 1.66. The zero-order valence-corrected chi connectivity index (χ0v) is 17.0. The summed E-state index contributed by atoms with van der Waals surface area (Å²) in [5.41, 5.74) is 0.672. The molecular formula is C22H26N4O5. The fourth-order valence-electron chi connectivity index (χ4n) is 3.12. The monoisotopic (exact) mass is 426 g/mol. The van der Waals surface area contributed by atoms with E-state index >= 15 is 0 Å². The molecule has 0 saturated heterocycles. The molecule has 1 heterocycles. The Bertz CT molecular complexity index is 933. The van der Waals surface area contributed by atoms with Crippen molar-refractivity contribution < 1.29 is 24.5 Å². The number of rotatable bonds is 9. The highest BCUT2D eigenvalue weighted by molar-refractivity contribution is 5.97. The number of aliphatic carboxylic acids is 1. The molecule has 0 fully saturated rings. The maximum Gasteiger partial charge on any atom is 0.305 e. The second-order valence-electron chi connectivity index (χ2n) is 7.00. The number of nitrogens with one attached hydrogen (secondary N) is 3. The second-order valence-corrected chi connectivity index (χ2v) is 7.00. The fourth-order valence-corrected chi connectivity index (χ4v) is 3.12. The lowest BCUT2D eigenvalue weighted by Gasteiger charge is -2.18. The molecule has 1 aliphatic heterocycles. The number of carboxylic acid groups (broad SMARTS) is 1. The molecule has 0 saturated carbocycles.